The third-order valence-electron chi connectivity index (χ3n) is 3.83. The van der Waals surface area contributed by atoms with Crippen LogP contribution in [0.4, 0.5) is 0 Å². The fourth-order valence-electron chi connectivity index (χ4n) is 2.66. The normalized spacial score (nSPS) is 11.0. The van der Waals surface area contributed by atoms with Crippen molar-refractivity contribution in [3.8, 4) is 0 Å². The molecule has 0 aliphatic carbocycles. The minimum atomic E-state index is -0.353. The van der Waals surface area contributed by atoms with Gasteiger partial charge >= 0.3 is 0 Å². The molecular formula is C17H13N5O2. The molecule has 0 fully saturated rings. The van der Waals surface area contributed by atoms with Crippen LogP contribution in [0.25, 0.3) is 16.4 Å². The highest BCUT2D eigenvalue weighted by Crippen LogP contribution is 2.12. The molecule has 0 aliphatic rings. The zero-order chi connectivity index (χ0) is 16.5. The van der Waals surface area contributed by atoms with Crippen LogP contribution in [0.1, 0.15) is 16.2 Å². The van der Waals surface area contributed by atoms with Crippen LogP contribution >= 0.6 is 0 Å². The van der Waals surface area contributed by atoms with Gasteiger partial charge in [-0.15, -0.1) is 0 Å². The maximum atomic E-state index is 12.5. The number of amides is 1. The number of hydrogen-bond acceptors (Lipinski definition) is 4. The molecule has 7 heteroatoms. The van der Waals surface area contributed by atoms with Crippen LogP contribution in [-0.4, -0.2) is 25.5 Å². The van der Waals surface area contributed by atoms with E-state index in [1.54, 1.807) is 30.5 Å². The van der Waals surface area contributed by atoms with E-state index in [1.165, 1.54) is 0 Å². The highest BCUT2D eigenvalue weighted by Gasteiger charge is 2.14. The third kappa shape index (κ3) is 2.32. The van der Waals surface area contributed by atoms with E-state index in [0.717, 1.165) is 11.3 Å². The topological polar surface area (TPSA) is 92.2 Å². The molecule has 3 heterocycles. The predicted molar refractivity (Wildman–Crippen MR) is 88.7 cm³/mol. The van der Waals surface area contributed by atoms with Crippen LogP contribution in [-0.2, 0) is 6.54 Å². The SMILES string of the molecule is O=C(NCc1cnc2ccccn12)c1n[nH]c(=O)c2ccccc12. The van der Waals surface area contributed by atoms with Crippen molar-refractivity contribution in [1.82, 2.24) is 24.9 Å². The van der Waals surface area contributed by atoms with E-state index in [9.17, 15) is 9.59 Å². The maximum Gasteiger partial charge on any atom is 0.272 e. The maximum absolute atomic E-state index is 12.5. The fourth-order valence-corrected chi connectivity index (χ4v) is 2.66. The summed E-state index contributed by atoms with van der Waals surface area (Å²) in [6.07, 6.45) is 3.60. The zero-order valence-electron chi connectivity index (χ0n) is 12.6. The second-order valence-corrected chi connectivity index (χ2v) is 5.31. The lowest BCUT2D eigenvalue weighted by Crippen LogP contribution is -2.26. The van der Waals surface area contributed by atoms with Gasteiger partial charge in [0.15, 0.2) is 5.69 Å². The summed E-state index contributed by atoms with van der Waals surface area (Å²) < 4.78 is 1.90. The van der Waals surface area contributed by atoms with Crippen molar-refractivity contribution in [1.29, 1.82) is 0 Å². The van der Waals surface area contributed by atoms with Gasteiger partial charge in [0.25, 0.3) is 11.5 Å². The number of benzene rings is 1. The number of hydrogen-bond donors (Lipinski definition) is 2. The Morgan fingerprint density at radius 3 is 2.79 bits per heavy atom. The highest BCUT2D eigenvalue weighted by atomic mass is 16.2. The molecule has 0 atom stereocenters. The third-order valence-corrected chi connectivity index (χ3v) is 3.83. The van der Waals surface area contributed by atoms with E-state index >= 15 is 0 Å². The fraction of sp³-hybridized carbons (Fsp3) is 0.0588. The molecule has 0 unspecified atom stereocenters. The highest BCUT2D eigenvalue weighted by molar-refractivity contribution is 6.04. The molecule has 4 rings (SSSR count). The summed E-state index contributed by atoms with van der Waals surface area (Å²) in [7, 11) is 0. The van der Waals surface area contributed by atoms with Crippen LogP contribution in [0.3, 0.4) is 0 Å². The number of rotatable bonds is 3. The Balaban J connectivity index is 1.63. The Labute approximate surface area is 136 Å². The van der Waals surface area contributed by atoms with Crippen LogP contribution < -0.4 is 10.9 Å². The van der Waals surface area contributed by atoms with Gasteiger partial charge in [-0.25, -0.2) is 10.1 Å². The molecule has 0 bridgehead atoms. The lowest BCUT2D eigenvalue weighted by atomic mass is 10.1. The molecule has 1 aromatic carbocycles. The molecule has 24 heavy (non-hydrogen) atoms. The molecule has 3 aromatic heterocycles. The van der Waals surface area contributed by atoms with Crippen molar-refractivity contribution in [3.63, 3.8) is 0 Å². The molecule has 0 spiro atoms. The molecular weight excluding hydrogens is 306 g/mol. The largest absolute Gasteiger partial charge is 0.345 e. The Kier molecular flexibility index (Phi) is 3.31. The van der Waals surface area contributed by atoms with Gasteiger partial charge in [-0.2, -0.15) is 5.10 Å². The number of imidazole rings is 1. The predicted octanol–water partition coefficient (Wildman–Crippen LogP) is 1.50. The number of aromatic nitrogens is 4. The van der Waals surface area contributed by atoms with Gasteiger partial charge in [-0.3, -0.25) is 9.59 Å². The summed E-state index contributed by atoms with van der Waals surface area (Å²) in [5.41, 5.74) is 1.55. The lowest BCUT2D eigenvalue weighted by Gasteiger charge is -2.06. The monoisotopic (exact) mass is 319 g/mol. The molecule has 0 saturated heterocycles. The van der Waals surface area contributed by atoms with Gasteiger partial charge in [-0.05, 0) is 18.2 Å². The van der Waals surface area contributed by atoms with Crippen LogP contribution in [0.5, 0.6) is 0 Å². The number of carbonyl (C=O) groups excluding carboxylic acids is 1. The van der Waals surface area contributed by atoms with E-state index in [-0.39, 0.29) is 17.2 Å². The number of nitrogens with zero attached hydrogens (tertiary/aromatic N) is 3. The first-order valence-electron chi connectivity index (χ1n) is 7.40. The second kappa shape index (κ2) is 5.62. The van der Waals surface area contributed by atoms with Crippen LogP contribution in [0, 0.1) is 0 Å². The molecule has 118 valence electrons. The molecule has 1 amide bonds. The molecule has 4 aromatic rings. The number of aromatic amines is 1. The van der Waals surface area contributed by atoms with Crippen LogP contribution in [0.2, 0.25) is 0 Å². The van der Waals surface area contributed by atoms with Gasteiger partial charge < -0.3 is 9.72 Å². The van der Waals surface area contributed by atoms with Crippen LogP contribution in [0.15, 0.2) is 59.7 Å². The summed E-state index contributed by atoms with van der Waals surface area (Å²) in [4.78, 5) is 28.5. The van der Waals surface area contributed by atoms with Crippen molar-refractivity contribution in [2.24, 2.45) is 0 Å². The first-order chi connectivity index (χ1) is 11.7. The smallest absolute Gasteiger partial charge is 0.272 e. The van der Waals surface area contributed by atoms with E-state index in [1.807, 2.05) is 28.8 Å². The van der Waals surface area contributed by atoms with E-state index in [4.69, 9.17) is 0 Å². The summed E-state index contributed by atoms with van der Waals surface area (Å²) in [5.74, 6) is -0.353. The van der Waals surface area contributed by atoms with E-state index < -0.39 is 0 Å². The lowest BCUT2D eigenvalue weighted by molar-refractivity contribution is 0.0946. The minimum Gasteiger partial charge on any atom is -0.345 e. The van der Waals surface area contributed by atoms with Gasteiger partial charge in [0.1, 0.15) is 5.65 Å². The quantitative estimate of drug-likeness (QED) is 0.598. The number of H-pyrrole nitrogens is 1. The van der Waals surface area contributed by atoms with E-state index in [2.05, 4.69) is 20.5 Å². The number of fused-ring (bicyclic) bond motifs is 2. The summed E-state index contributed by atoms with van der Waals surface area (Å²) in [5, 5.41) is 10.0. The molecule has 7 nitrogen and oxygen atoms in total. The standard InChI is InChI=1S/C17H13N5O2/c23-16-13-6-2-1-5-12(13)15(20-21-16)17(24)19-10-11-9-18-14-7-3-4-8-22(11)14/h1-9H,10H2,(H,19,24)(H,21,23). The Morgan fingerprint density at radius 2 is 1.92 bits per heavy atom. The number of pyridine rings is 1. The van der Waals surface area contributed by atoms with E-state index in [0.29, 0.717) is 17.3 Å². The average Bonchev–Trinajstić information content (AvgIpc) is 3.03. The van der Waals surface area contributed by atoms with Gasteiger partial charge in [0.05, 0.1) is 23.8 Å². The van der Waals surface area contributed by atoms with Gasteiger partial charge in [0, 0.05) is 11.6 Å². The van der Waals surface area contributed by atoms with Crippen molar-refractivity contribution in [2.45, 2.75) is 6.54 Å². The van der Waals surface area contributed by atoms with Crippen molar-refractivity contribution < 1.29 is 4.79 Å². The molecule has 0 radical (unpaired) electrons. The Morgan fingerprint density at radius 1 is 1.12 bits per heavy atom. The summed E-state index contributed by atoms with van der Waals surface area (Å²) in [6.45, 7) is 0.305. The van der Waals surface area contributed by atoms with Crippen molar-refractivity contribution in [2.75, 3.05) is 0 Å². The zero-order valence-corrected chi connectivity index (χ0v) is 12.6. The Hall–Kier alpha value is -3.48. The molecule has 0 saturated carbocycles. The summed E-state index contributed by atoms with van der Waals surface area (Å²) in [6, 6.07) is 12.6. The summed E-state index contributed by atoms with van der Waals surface area (Å²) >= 11 is 0. The van der Waals surface area contributed by atoms with Gasteiger partial charge in [-0.1, -0.05) is 24.3 Å². The first-order valence-corrected chi connectivity index (χ1v) is 7.40. The van der Waals surface area contributed by atoms with Crippen molar-refractivity contribution >= 4 is 22.3 Å². The van der Waals surface area contributed by atoms with Crippen molar-refractivity contribution in [3.05, 3.63) is 76.6 Å². The Bertz CT molecular complexity index is 1110. The average molecular weight is 319 g/mol. The van der Waals surface area contributed by atoms with Gasteiger partial charge in [0.2, 0.25) is 0 Å². The number of nitrogens with one attached hydrogen (secondary N) is 2. The second-order valence-electron chi connectivity index (χ2n) is 5.31. The molecule has 0 aliphatic heterocycles. The minimum absolute atomic E-state index is 0.194. The first kappa shape index (κ1) is 14.1. The molecule has 2 N–H and O–H groups in total. The number of carbonyl (C=O) groups is 1.